The van der Waals surface area contributed by atoms with Crippen LogP contribution in [0.15, 0.2) is 51.4 Å². The second kappa shape index (κ2) is 7.41. The second-order valence-electron chi connectivity index (χ2n) is 5.58. The summed E-state index contributed by atoms with van der Waals surface area (Å²) in [4.78, 5) is 27.6. The molecule has 3 aromatic rings. The number of halogens is 2. The lowest BCUT2D eigenvalue weighted by Gasteiger charge is -2.09. The molecule has 1 aromatic heterocycles. The number of hydrogen-bond donors (Lipinski definition) is 3. The Bertz CT molecular complexity index is 966. The van der Waals surface area contributed by atoms with E-state index in [2.05, 4.69) is 47.7 Å². The van der Waals surface area contributed by atoms with Gasteiger partial charge < -0.3 is 4.98 Å². The number of H-pyrrole nitrogens is 1. The van der Waals surface area contributed by atoms with Crippen molar-refractivity contribution in [2.75, 3.05) is 0 Å². The number of carbonyl (C=O) groups is 2. The van der Waals surface area contributed by atoms with Crippen molar-refractivity contribution in [2.45, 2.75) is 13.3 Å². The molecule has 25 heavy (non-hydrogen) atoms. The number of fused-ring (bicyclic) bond motifs is 1. The molecule has 0 aliphatic heterocycles. The van der Waals surface area contributed by atoms with Crippen LogP contribution < -0.4 is 10.9 Å². The molecule has 0 saturated heterocycles. The van der Waals surface area contributed by atoms with Crippen LogP contribution in [0, 0.1) is 6.92 Å². The van der Waals surface area contributed by atoms with Gasteiger partial charge in [0.25, 0.3) is 5.91 Å². The summed E-state index contributed by atoms with van der Waals surface area (Å²) in [7, 11) is 0. The molecule has 2 amide bonds. The van der Waals surface area contributed by atoms with Crippen LogP contribution in [-0.4, -0.2) is 16.8 Å². The average Bonchev–Trinajstić information content (AvgIpc) is 2.88. The van der Waals surface area contributed by atoms with Crippen LogP contribution in [-0.2, 0) is 11.2 Å². The van der Waals surface area contributed by atoms with Crippen molar-refractivity contribution in [3.05, 3.63) is 68.2 Å². The number of aromatic nitrogens is 1. The Labute approximate surface area is 161 Å². The monoisotopic (exact) mass is 463 g/mol. The first kappa shape index (κ1) is 17.7. The first-order valence-corrected chi connectivity index (χ1v) is 9.14. The van der Waals surface area contributed by atoms with Crippen molar-refractivity contribution in [1.82, 2.24) is 15.8 Å². The SMILES string of the molecule is Cc1[nH]c2ccc(Br)cc2c1CC(=O)NNC(=O)c1ccccc1Br. The van der Waals surface area contributed by atoms with Crippen LogP contribution in [0.25, 0.3) is 10.9 Å². The Morgan fingerprint density at radius 2 is 1.84 bits per heavy atom. The van der Waals surface area contributed by atoms with E-state index < -0.39 is 0 Å². The highest BCUT2D eigenvalue weighted by Gasteiger charge is 2.14. The molecule has 0 unspecified atom stereocenters. The number of aromatic amines is 1. The van der Waals surface area contributed by atoms with Crippen LogP contribution in [0.2, 0.25) is 0 Å². The molecule has 0 aliphatic carbocycles. The minimum atomic E-state index is -0.376. The molecule has 0 fully saturated rings. The van der Waals surface area contributed by atoms with E-state index in [9.17, 15) is 9.59 Å². The summed E-state index contributed by atoms with van der Waals surface area (Å²) in [6, 6.07) is 12.9. The van der Waals surface area contributed by atoms with Crippen molar-refractivity contribution in [3.8, 4) is 0 Å². The Morgan fingerprint density at radius 3 is 2.60 bits per heavy atom. The van der Waals surface area contributed by atoms with E-state index in [4.69, 9.17) is 0 Å². The highest BCUT2D eigenvalue weighted by molar-refractivity contribution is 9.10. The number of nitrogens with one attached hydrogen (secondary N) is 3. The van der Waals surface area contributed by atoms with Crippen molar-refractivity contribution < 1.29 is 9.59 Å². The number of aryl methyl sites for hydroxylation is 1. The van der Waals surface area contributed by atoms with E-state index in [1.165, 1.54) is 0 Å². The van der Waals surface area contributed by atoms with Crippen LogP contribution in [0.5, 0.6) is 0 Å². The van der Waals surface area contributed by atoms with Crippen molar-refractivity contribution in [1.29, 1.82) is 0 Å². The van der Waals surface area contributed by atoms with Gasteiger partial charge in [-0.1, -0.05) is 28.1 Å². The van der Waals surface area contributed by atoms with E-state index in [1.54, 1.807) is 18.2 Å². The first-order valence-electron chi connectivity index (χ1n) is 7.56. The minimum absolute atomic E-state index is 0.165. The molecule has 7 heteroatoms. The predicted molar refractivity (Wildman–Crippen MR) is 104 cm³/mol. The second-order valence-corrected chi connectivity index (χ2v) is 7.35. The zero-order valence-corrected chi connectivity index (χ0v) is 16.5. The normalized spacial score (nSPS) is 10.7. The van der Waals surface area contributed by atoms with Gasteiger partial charge in [0, 0.05) is 25.5 Å². The van der Waals surface area contributed by atoms with E-state index >= 15 is 0 Å². The molecule has 5 nitrogen and oxygen atoms in total. The average molecular weight is 465 g/mol. The fraction of sp³-hybridized carbons (Fsp3) is 0.111. The first-order chi connectivity index (χ1) is 12.0. The van der Waals surface area contributed by atoms with E-state index in [0.717, 1.165) is 26.6 Å². The maximum atomic E-state index is 12.2. The molecule has 0 aliphatic rings. The third-order valence-electron chi connectivity index (χ3n) is 3.85. The summed E-state index contributed by atoms with van der Waals surface area (Å²) >= 11 is 6.76. The summed E-state index contributed by atoms with van der Waals surface area (Å²) in [6.45, 7) is 1.93. The lowest BCUT2D eigenvalue weighted by atomic mass is 10.1. The fourth-order valence-corrected chi connectivity index (χ4v) is 3.45. The molecule has 0 spiro atoms. The molecule has 3 rings (SSSR count). The van der Waals surface area contributed by atoms with Crippen molar-refractivity contribution in [2.24, 2.45) is 0 Å². The molecular formula is C18H15Br2N3O2. The molecule has 0 saturated carbocycles. The van der Waals surface area contributed by atoms with Crippen molar-refractivity contribution in [3.63, 3.8) is 0 Å². The van der Waals surface area contributed by atoms with E-state index in [1.807, 2.05) is 31.2 Å². The van der Waals surface area contributed by atoms with Gasteiger partial charge in [-0.3, -0.25) is 20.4 Å². The zero-order chi connectivity index (χ0) is 18.0. The number of hydrazine groups is 1. The Morgan fingerprint density at radius 1 is 1.08 bits per heavy atom. The van der Waals surface area contributed by atoms with Crippen LogP contribution in [0.1, 0.15) is 21.6 Å². The molecule has 1 heterocycles. The Kier molecular flexibility index (Phi) is 5.24. The van der Waals surface area contributed by atoms with Gasteiger partial charge in [-0.15, -0.1) is 0 Å². The molecular weight excluding hydrogens is 450 g/mol. The van der Waals surface area contributed by atoms with Gasteiger partial charge in [-0.25, -0.2) is 0 Å². The number of rotatable bonds is 3. The molecule has 0 atom stereocenters. The number of benzene rings is 2. The molecule has 0 radical (unpaired) electrons. The minimum Gasteiger partial charge on any atom is -0.358 e. The van der Waals surface area contributed by atoms with Gasteiger partial charge in [-0.05, 0) is 58.7 Å². The Hall–Kier alpha value is -2.12. The van der Waals surface area contributed by atoms with Gasteiger partial charge >= 0.3 is 0 Å². The number of carbonyl (C=O) groups excluding carboxylic acids is 2. The fourth-order valence-electron chi connectivity index (χ4n) is 2.63. The number of hydrogen-bond acceptors (Lipinski definition) is 2. The maximum Gasteiger partial charge on any atom is 0.270 e. The van der Waals surface area contributed by atoms with Gasteiger partial charge in [0.1, 0.15) is 0 Å². The van der Waals surface area contributed by atoms with Crippen molar-refractivity contribution >= 4 is 54.6 Å². The quantitative estimate of drug-likeness (QED) is 0.512. The summed E-state index contributed by atoms with van der Waals surface area (Å²) in [6.07, 6.45) is 0.165. The molecule has 0 bridgehead atoms. The lowest BCUT2D eigenvalue weighted by Crippen LogP contribution is -2.42. The van der Waals surface area contributed by atoms with E-state index in [-0.39, 0.29) is 18.2 Å². The number of amides is 2. The summed E-state index contributed by atoms with van der Waals surface area (Å²) in [5.74, 6) is -0.663. The highest BCUT2D eigenvalue weighted by Crippen LogP contribution is 2.26. The third-order valence-corrected chi connectivity index (χ3v) is 5.04. The summed E-state index contributed by atoms with van der Waals surface area (Å²) < 4.78 is 1.61. The van der Waals surface area contributed by atoms with Crippen LogP contribution in [0.4, 0.5) is 0 Å². The summed E-state index contributed by atoms with van der Waals surface area (Å²) in [5.41, 5.74) is 8.17. The van der Waals surface area contributed by atoms with Crippen LogP contribution >= 0.6 is 31.9 Å². The van der Waals surface area contributed by atoms with Gasteiger partial charge in [0.05, 0.1) is 12.0 Å². The standard InChI is InChI=1S/C18H15Br2N3O2/c1-10-13(14-8-11(19)6-7-16(14)21-10)9-17(24)22-23-18(25)12-4-2-3-5-15(12)20/h2-8,21H,9H2,1H3,(H,22,24)(H,23,25). The lowest BCUT2D eigenvalue weighted by molar-refractivity contribution is -0.121. The van der Waals surface area contributed by atoms with Crippen LogP contribution in [0.3, 0.4) is 0 Å². The van der Waals surface area contributed by atoms with E-state index in [0.29, 0.717) is 10.0 Å². The van der Waals surface area contributed by atoms with Gasteiger partial charge in [0.15, 0.2) is 0 Å². The van der Waals surface area contributed by atoms with Gasteiger partial charge in [0.2, 0.25) is 5.91 Å². The Balaban J connectivity index is 1.69. The topological polar surface area (TPSA) is 74.0 Å². The third kappa shape index (κ3) is 3.93. The largest absolute Gasteiger partial charge is 0.358 e. The molecule has 2 aromatic carbocycles. The van der Waals surface area contributed by atoms with Gasteiger partial charge in [-0.2, -0.15) is 0 Å². The zero-order valence-electron chi connectivity index (χ0n) is 13.3. The maximum absolute atomic E-state index is 12.2. The molecule has 128 valence electrons. The summed E-state index contributed by atoms with van der Waals surface area (Å²) in [5, 5.41) is 0.985. The smallest absolute Gasteiger partial charge is 0.270 e. The highest BCUT2D eigenvalue weighted by atomic mass is 79.9. The molecule has 3 N–H and O–H groups in total. The predicted octanol–water partition coefficient (Wildman–Crippen LogP) is 4.01.